The summed E-state index contributed by atoms with van der Waals surface area (Å²) >= 11 is 0. The molecule has 1 aliphatic heterocycles. The lowest BCUT2D eigenvalue weighted by Crippen LogP contribution is -2.43. The van der Waals surface area contributed by atoms with E-state index in [1.165, 1.54) is 0 Å². The number of nitrogens with zero attached hydrogens (tertiary/aromatic N) is 1. The molecule has 1 aromatic rings. The Morgan fingerprint density at radius 1 is 1.08 bits per heavy atom. The van der Waals surface area contributed by atoms with Gasteiger partial charge in [-0.1, -0.05) is 67.6 Å². The zero-order valence-electron chi connectivity index (χ0n) is 14.0. The summed E-state index contributed by atoms with van der Waals surface area (Å²) in [4.78, 5) is 26.4. The monoisotopic (exact) mass is 321 g/mol. The molecule has 2 aliphatic rings. The van der Waals surface area contributed by atoms with Crippen LogP contribution in [0.5, 0.6) is 0 Å². The summed E-state index contributed by atoms with van der Waals surface area (Å²) in [5.41, 5.74) is 2.30. The summed E-state index contributed by atoms with van der Waals surface area (Å²) in [5, 5.41) is 0. The largest absolute Gasteiger partial charge is 0.331 e. The SMILES string of the molecule is CCC(=O)CCC(=O)N1Cc2ccccc2/C=C\C2C=CC=CC21. The molecule has 0 N–H and O–H groups in total. The number of carbonyl (C=O) groups is 2. The molecular weight excluding hydrogens is 298 g/mol. The predicted octanol–water partition coefficient (Wildman–Crippen LogP) is 3.91. The van der Waals surface area contributed by atoms with Crippen LogP contribution in [-0.2, 0) is 16.1 Å². The van der Waals surface area contributed by atoms with Crippen LogP contribution in [0.15, 0.2) is 54.6 Å². The van der Waals surface area contributed by atoms with Crippen LogP contribution in [-0.4, -0.2) is 22.6 Å². The van der Waals surface area contributed by atoms with Crippen molar-refractivity contribution in [3.63, 3.8) is 0 Å². The van der Waals surface area contributed by atoms with E-state index >= 15 is 0 Å². The third-order valence-corrected chi connectivity index (χ3v) is 4.73. The van der Waals surface area contributed by atoms with Crippen molar-refractivity contribution < 1.29 is 9.59 Å². The highest BCUT2D eigenvalue weighted by Crippen LogP contribution is 2.28. The Labute approximate surface area is 143 Å². The third kappa shape index (κ3) is 3.56. The molecule has 124 valence electrons. The van der Waals surface area contributed by atoms with Gasteiger partial charge >= 0.3 is 0 Å². The highest BCUT2D eigenvalue weighted by Gasteiger charge is 2.29. The standard InChI is InChI=1S/C21H23NO2/c1-2-19(23)13-14-21(24)22-15-18-9-4-3-7-16(18)11-12-17-8-5-6-10-20(17)22/h3-12,17,20H,2,13-15H2,1H3/b12-11-. The number of amides is 1. The normalized spacial score (nSPS) is 23.0. The van der Waals surface area contributed by atoms with E-state index in [1.807, 2.05) is 36.1 Å². The Bertz CT molecular complexity index is 714. The average molecular weight is 321 g/mol. The molecule has 1 amide bonds. The van der Waals surface area contributed by atoms with Crippen molar-refractivity contribution in [3.8, 4) is 0 Å². The molecule has 0 fully saturated rings. The number of rotatable bonds is 4. The van der Waals surface area contributed by atoms with Gasteiger partial charge < -0.3 is 4.90 Å². The van der Waals surface area contributed by atoms with Crippen LogP contribution < -0.4 is 0 Å². The number of carbonyl (C=O) groups excluding carboxylic acids is 2. The number of hydrogen-bond acceptors (Lipinski definition) is 2. The van der Waals surface area contributed by atoms with Gasteiger partial charge in [0, 0.05) is 31.7 Å². The maximum Gasteiger partial charge on any atom is 0.223 e. The molecule has 0 saturated heterocycles. The van der Waals surface area contributed by atoms with Gasteiger partial charge in [-0.15, -0.1) is 0 Å². The van der Waals surface area contributed by atoms with Gasteiger partial charge in [0.15, 0.2) is 0 Å². The fourth-order valence-electron chi connectivity index (χ4n) is 3.27. The van der Waals surface area contributed by atoms with Crippen molar-refractivity contribution in [3.05, 3.63) is 65.8 Å². The maximum absolute atomic E-state index is 12.8. The predicted molar refractivity (Wildman–Crippen MR) is 96.1 cm³/mol. The molecule has 1 aromatic carbocycles. The first kappa shape index (κ1) is 16.4. The minimum absolute atomic E-state index is 0.0174. The molecule has 3 rings (SSSR count). The first-order chi connectivity index (χ1) is 11.7. The van der Waals surface area contributed by atoms with E-state index in [4.69, 9.17) is 0 Å². The molecule has 1 aliphatic carbocycles. The van der Waals surface area contributed by atoms with Gasteiger partial charge in [-0.3, -0.25) is 9.59 Å². The zero-order valence-corrected chi connectivity index (χ0v) is 14.0. The van der Waals surface area contributed by atoms with E-state index in [9.17, 15) is 9.59 Å². The molecule has 0 spiro atoms. The van der Waals surface area contributed by atoms with E-state index in [-0.39, 0.29) is 23.7 Å². The van der Waals surface area contributed by atoms with Crippen molar-refractivity contribution in [2.45, 2.75) is 38.8 Å². The number of hydrogen-bond donors (Lipinski definition) is 0. The third-order valence-electron chi connectivity index (χ3n) is 4.73. The Morgan fingerprint density at radius 3 is 2.71 bits per heavy atom. The highest BCUT2D eigenvalue weighted by atomic mass is 16.2. The topological polar surface area (TPSA) is 37.4 Å². The molecule has 1 heterocycles. The van der Waals surface area contributed by atoms with Crippen LogP contribution in [0.25, 0.3) is 6.08 Å². The molecular formula is C21H23NO2. The number of ketones is 1. The summed E-state index contributed by atoms with van der Waals surface area (Å²) in [6, 6.07) is 8.19. The summed E-state index contributed by atoms with van der Waals surface area (Å²) < 4.78 is 0. The molecule has 3 heteroatoms. The Hall–Kier alpha value is -2.42. The first-order valence-corrected chi connectivity index (χ1v) is 8.61. The van der Waals surface area contributed by atoms with Crippen molar-refractivity contribution in [1.29, 1.82) is 0 Å². The summed E-state index contributed by atoms with van der Waals surface area (Å²) in [6.07, 6.45) is 13.7. The van der Waals surface area contributed by atoms with E-state index in [1.54, 1.807) is 0 Å². The average Bonchev–Trinajstić information content (AvgIpc) is 2.61. The summed E-state index contributed by atoms with van der Waals surface area (Å²) in [7, 11) is 0. The van der Waals surface area contributed by atoms with Crippen LogP contribution in [0.2, 0.25) is 0 Å². The molecule has 0 saturated carbocycles. The Balaban J connectivity index is 1.88. The molecule has 0 aromatic heterocycles. The number of Topliss-reactive ketones (excluding diaryl/α,β-unsaturated/α-hetero) is 1. The van der Waals surface area contributed by atoms with Crippen molar-refractivity contribution in [1.82, 2.24) is 4.90 Å². The Morgan fingerprint density at radius 2 is 1.88 bits per heavy atom. The second-order valence-corrected chi connectivity index (χ2v) is 6.31. The fourth-order valence-corrected chi connectivity index (χ4v) is 3.27. The van der Waals surface area contributed by atoms with Crippen molar-refractivity contribution in [2.75, 3.05) is 0 Å². The van der Waals surface area contributed by atoms with Gasteiger partial charge in [-0.05, 0) is 11.1 Å². The van der Waals surface area contributed by atoms with Crippen LogP contribution in [0.4, 0.5) is 0 Å². The van der Waals surface area contributed by atoms with Gasteiger partial charge in [0.1, 0.15) is 5.78 Å². The molecule has 24 heavy (non-hydrogen) atoms. The summed E-state index contributed by atoms with van der Waals surface area (Å²) in [6.45, 7) is 2.42. The second kappa shape index (κ2) is 7.43. The lowest BCUT2D eigenvalue weighted by atomic mass is 9.89. The van der Waals surface area contributed by atoms with E-state index in [2.05, 4.69) is 36.4 Å². The van der Waals surface area contributed by atoms with Crippen LogP contribution in [0, 0.1) is 5.92 Å². The van der Waals surface area contributed by atoms with E-state index in [0.717, 1.165) is 11.1 Å². The molecule has 0 bridgehead atoms. The molecule has 0 radical (unpaired) electrons. The minimum Gasteiger partial charge on any atom is -0.331 e. The van der Waals surface area contributed by atoms with Gasteiger partial charge in [-0.25, -0.2) is 0 Å². The highest BCUT2D eigenvalue weighted by molar-refractivity contribution is 5.85. The van der Waals surface area contributed by atoms with Crippen LogP contribution >= 0.6 is 0 Å². The number of benzene rings is 1. The van der Waals surface area contributed by atoms with Crippen LogP contribution in [0.3, 0.4) is 0 Å². The van der Waals surface area contributed by atoms with Gasteiger partial charge in [0.25, 0.3) is 0 Å². The molecule has 2 unspecified atom stereocenters. The number of allylic oxidation sites excluding steroid dienone is 2. The Kier molecular flexibility index (Phi) is 5.09. The lowest BCUT2D eigenvalue weighted by molar-refractivity contribution is -0.135. The lowest BCUT2D eigenvalue weighted by Gasteiger charge is -2.36. The smallest absolute Gasteiger partial charge is 0.223 e. The quantitative estimate of drug-likeness (QED) is 0.843. The van der Waals surface area contributed by atoms with Crippen molar-refractivity contribution >= 4 is 17.8 Å². The van der Waals surface area contributed by atoms with Crippen LogP contribution in [0.1, 0.15) is 37.3 Å². The van der Waals surface area contributed by atoms with Crippen molar-refractivity contribution in [2.24, 2.45) is 5.92 Å². The van der Waals surface area contributed by atoms with E-state index in [0.29, 0.717) is 25.8 Å². The van der Waals surface area contributed by atoms with E-state index < -0.39 is 0 Å². The second-order valence-electron chi connectivity index (χ2n) is 6.31. The zero-order chi connectivity index (χ0) is 16.9. The maximum atomic E-state index is 12.8. The van der Waals surface area contributed by atoms with Gasteiger partial charge in [0.2, 0.25) is 5.91 Å². The van der Waals surface area contributed by atoms with Gasteiger partial charge in [0.05, 0.1) is 6.04 Å². The first-order valence-electron chi connectivity index (χ1n) is 8.61. The fraction of sp³-hybridized carbons (Fsp3) is 0.333. The molecule has 3 nitrogen and oxygen atoms in total. The summed E-state index contributed by atoms with van der Waals surface area (Å²) in [5.74, 6) is 0.373. The minimum atomic E-state index is 0.0174. The number of fused-ring (bicyclic) bond motifs is 2. The van der Waals surface area contributed by atoms with Gasteiger partial charge in [-0.2, -0.15) is 0 Å². The molecule has 2 atom stereocenters.